The summed E-state index contributed by atoms with van der Waals surface area (Å²) in [4.78, 5) is 25.9. The molecule has 7 heteroatoms. The van der Waals surface area contributed by atoms with Crippen molar-refractivity contribution in [1.82, 2.24) is 14.9 Å². The number of likely N-dealkylation sites (tertiary alicyclic amines) is 1. The molecule has 0 radical (unpaired) electrons. The highest BCUT2D eigenvalue weighted by atomic mass is 32.1. The maximum absolute atomic E-state index is 11.6. The number of nitrogens with zero attached hydrogens (tertiary/aromatic N) is 4. The third kappa shape index (κ3) is 3.79. The Balaban J connectivity index is 1.33. The molecular formula is C23H26N4O2S. The summed E-state index contributed by atoms with van der Waals surface area (Å²) in [6.45, 7) is 4.69. The monoisotopic (exact) mass is 422 g/mol. The van der Waals surface area contributed by atoms with Crippen LogP contribution in [-0.2, 0) is 4.74 Å². The topological polar surface area (TPSA) is 58.6 Å². The molecule has 1 atom stereocenters. The second-order valence-corrected chi connectivity index (χ2v) is 9.10. The smallest absolute Gasteiger partial charge is 0.356 e. The Morgan fingerprint density at radius 1 is 1.10 bits per heavy atom. The predicted molar refractivity (Wildman–Crippen MR) is 120 cm³/mol. The van der Waals surface area contributed by atoms with Crippen LogP contribution in [0.4, 0.5) is 5.13 Å². The zero-order valence-electron chi connectivity index (χ0n) is 17.2. The third-order valence-corrected chi connectivity index (χ3v) is 7.29. The van der Waals surface area contributed by atoms with Crippen molar-refractivity contribution in [2.45, 2.75) is 31.7 Å². The summed E-state index contributed by atoms with van der Waals surface area (Å²) < 4.78 is 5.90. The molecule has 0 bridgehead atoms. The van der Waals surface area contributed by atoms with Crippen molar-refractivity contribution in [2.24, 2.45) is 0 Å². The molecule has 0 spiro atoms. The maximum Gasteiger partial charge on any atom is 0.356 e. The van der Waals surface area contributed by atoms with Crippen LogP contribution in [-0.4, -0.2) is 60.2 Å². The number of anilines is 1. The van der Waals surface area contributed by atoms with Crippen LogP contribution in [0.1, 0.15) is 36.2 Å². The van der Waals surface area contributed by atoms with Gasteiger partial charge < -0.3 is 9.64 Å². The van der Waals surface area contributed by atoms with E-state index in [0.717, 1.165) is 34.9 Å². The summed E-state index contributed by atoms with van der Waals surface area (Å²) in [5, 5.41) is 1.13. The standard InChI is InChI=1S/C23H26N4O2S/c1-29-22(28)20-8-6-17(14-24-20)16-5-7-19-21(13-16)30-23(25-19)27-12-9-18(15-27)26-10-3-2-4-11-26/h5-8,13-14,18H,2-4,9-12,15H2,1H3/t18-/m1/s1. The van der Waals surface area contributed by atoms with Crippen molar-refractivity contribution in [1.29, 1.82) is 0 Å². The quantitative estimate of drug-likeness (QED) is 0.587. The van der Waals surface area contributed by atoms with Crippen molar-refractivity contribution in [3.05, 3.63) is 42.2 Å². The number of thiazole rings is 1. The molecule has 1 aromatic carbocycles. The summed E-state index contributed by atoms with van der Waals surface area (Å²) in [5.41, 5.74) is 3.42. The molecule has 2 aliphatic rings. The number of pyridine rings is 1. The van der Waals surface area contributed by atoms with E-state index in [4.69, 9.17) is 9.72 Å². The first kappa shape index (κ1) is 19.5. The highest BCUT2D eigenvalue weighted by Crippen LogP contribution is 2.34. The molecule has 2 aliphatic heterocycles. The minimum absolute atomic E-state index is 0.319. The molecule has 156 valence electrons. The van der Waals surface area contributed by atoms with Gasteiger partial charge in [0.25, 0.3) is 0 Å². The number of carbonyl (C=O) groups is 1. The number of piperidine rings is 1. The molecule has 2 fully saturated rings. The average molecular weight is 423 g/mol. The normalized spacial score (nSPS) is 20.0. The van der Waals surface area contributed by atoms with Crippen molar-refractivity contribution in [3.8, 4) is 11.1 Å². The van der Waals surface area contributed by atoms with Crippen molar-refractivity contribution < 1.29 is 9.53 Å². The number of fused-ring (bicyclic) bond motifs is 1. The van der Waals surface area contributed by atoms with E-state index < -0.39 is 5.97 Å². The lowest BCUT2D eigenvalue weighted by atomic mass is 10.1. The number of esters is 1. The molecule has 0 N–H and O–H groups in total. The van der Waals surface area contributed by atoms with E-state index in [0.29, 0.717) is 11.7 Å². The van der Waals surface area contributed by atoms with Gasteiger partial charge in [0.15, 0.2) is 5.13 Å². The van der Waals surface area contributed by atoms with Crippen LogP contribution >= 0.6 is 11.3 Å². The Bertz CT molecular complexity index is 1040. The van der Waals surface area contributed by atoms with Gasteiger partial charge in [-0.05, 0) is 56.1 Å². The van der Waals surface area contributed by atoms with Crippen LogP contribution in [0.25, 0.3) is 21.3 Å². The minimum atomic E-state index is -0.419. The van der Waals surface area contributed by atoms with Crippen LogP contribution in [0.5, 0.6) is 0 Å². The Morgan fingerprint density at radius 2 is 1.93 bits per heavy atom. The second kappa shape index (κ2) is 8.32. The minimum Gasteiger partial charge on any atom is -0.464 e. The summed E-state index contributed by atoms with van der Waals surface area (Å²) in [6.07, 6.45) is 7.03. The van der Waals surface area contributed by atoms with Gasteiger partial charge in [-0.3, -0.25) is 4.90 Å². The van der Waals surface area contributed by atoms with E-state index in [1.54, 1.807) is 23.6 Å². The lowest BCUT2D eigenvalue weighted by Crippen LogP contribution is -2.40. The van der Waals surface area contributed by atoms with E-state index in [1.807, 2.05) is 6.07 Å². The highest BCUT2D eigenvalue weighted by molar-refractivity contribution is 7.22. The van der Waals surface area contributed by atoms with Gasteiger partial charge in [0.1, 0.15) is 5.69 Å². The molecule has 2 aromatic heterocycles. The molecule has 3 aromatic rings. The summed E-state index contributed by atoms with van der Waals surface area (Å²) in [7, 11) is 1.36. The number of methoxy groups -OCH3 is 1. The maximum atomic E-state index is 11.6. The number of ether oxygens (including phenoxy) is 1. The van der Waals surface area contributed by atoms with Crippen LogP contribution in [0, 0.1) is 0 Å². The lowest BCUT2D eigenvalue weighted by molar-refractivity contribution is 0.0594. The van der Waals surface area contributed by atoms with Crippen LogP contribution in [0.2, 0.25) is 0 Å². The van der Waals surface area contributed by atoms with Crippen LogP contribution < -0.4 is 4.90 Å². The number of hydrogen-bond acceptors (Lipinski definition) is 7. The van der Waals surface area contributed by atoms with E-state index >= 15 is 0 Å². The molecule has 5 rings (SSSR count). The van der Waals surface area contributed by atoms with Gasteiger partial charge in [-0.25, -0.2) is 14.8 Å². The number of carbonyl (C=O) groups excluding carboxylic acids is 1. The van der Waals surface area contributed by atoms with Gasteiger partial charge in [-0.1, -0.05) is 29.9 Å². The van der Waals surface area contributed by atoms with Crippen molar-refractivity contribution in [3.63, 3.8) is 0 Å². The molecular weight excluding hydrogens is 396 g/mol. The summed E-state index contributed by atoms with van der Waals surface area (Å²) in [5.74, 6) is -0.419. The van der Waals surface area contributed by atoms with Gasteiger partial charge in [-0.15, -0.1) is 0 Å². The zero-order valence-corrected chi connectivity index (χ0v) is 18.0. The first-order chi connectivity index (χ1) is 14.7. The number of benzene rings is 1. The zero-order chi connectivity index (χ0) is 20.5. The van der Waals surface area contributed by atoms with Crippen LogP contribution in [0.15, 0.2) is 36.5 Å². The third-order valence-electron chi connectivity index (χ3n) is 6.21. The molecule has 2 saturated heterocycles. The molecule has 6 nitrogen and oxygen atoms in total. The molecule has 4 heterocycles. The van der Waals surface area contributed by atoms with Crippen LogP contribution in [0.3, 0.4) is 0 Å². The molecule has 0 aliphatic carbocycles. The largest absolute Gasteiger partial charge is 0.464 e. The van der Waals surface area contributed by atoms with Crippen molar-refractivity contribution >= 4 is 32.7 Å². The summed E-state index contributed by atoms with van der Waals surface area (Å²) in [6, 6.07) is 10.6. The Kier molecular flexibility index (Phi) is 5.39. The molecule has 0 saturated carbocycles. The summed E-state index contributed by atoms with van der Waals surface area (Å²) >= 11 is 1.77. The molecule has 0 amide bonds. The average Bonchev–Trinajstić information content (AvgIpc) is 3.46. The first-order valence-electron chi connectivity index (χ1n) is 10.7. The number of rotatable bonds is 4. The SMILES string of the molecule is COC(=O)c1ccc(-c2ccc3nc(N4CC[C@@H](N5CCCCC5)C4)sc3c2)cn1. The van der Waals surface area contributed by atoms with Gasteiger partial charge in [-0.2, -0.15) is 0 Å². The second-order valence-electron chi connectivity index (χ2n) is 8.09. The predicted octanol–water partition coefficient (Wildman–Crippen LogP) is 4.21. The Morgan fingerprint density at radius 3 is 2.70 bits per heavy atom. The van der Waals surface area contributed by atoms with E-state index in [-0.39, 0.29) is 0 Å². The van der Waals surface area contributed by atoms with Gasteiger partial charge in [0.2, 0.25) is 0 Å². The highest BCUT2D eigenvalue weighted by Gasteiger charge is 2.29. The van der Waals surface area contributed by atoms with E-state index in [1.165, 1.54) is 50.6 Å². The van der Waals surface area contributed by atoms with Gasteiger partial charge >= 0.3 is 5.97 Å². The lowest BCUT2D eigenvalue weighted by Gasteiger charge is -2.32. The fraction of sp³-hybridized carbons (Fsp3) is 0.435. The number of aromatic nitrogens is 2. The van der Waals surface area contributed by atoms with Gasteiger partial charge in [0.05, 0.1) is 17.3 Å². The Hall–Kier alpha value is -2.51. The first-order valence-corrected chi connectivity index (χ1v) is 11.5. The van der Waals surface area contributed by atoms with Gasteiger partial charge in [0, 0.05) is 30.9 Å². The van der Waals surface area contributed by atoms with E-state index in [9.17, 15) is 4.79 Å². The molecule has 30 heavy (non-hydrogen) atoms. The Labute approximate surface area is 180 Å². The fourth-order valence-corrected chi connectivity index (χ4v) is 5.55. The fourth-order valence-electron chi connectivity index (χ4n) is 4.51. The molecule has 0 unspecified atom stereocenters. The van der Waals surface area contributed by atoms with E-state index in [2.05, 4.69) is 33.0 Å². The number of hydrogen-bond donors (Lipinski definition) is 0. The van der Waals surface area contributed by atoms with Crippen molar-refractivity contribution in [2.75, 3.05) is 38.2 Å².